The minimum atomic E-state index is -3.36. The molecule has 1 aromatic rings. The van der Waals surface area contributed by atoms with Gasteiger partial charge in [-0.2, -0.15) is 11.8 Å². The minimum absolute atomic E-state index is 0.299. The predicted molar refractivity (Wildman–Crippen MR) is 69.2 cm³/mol. The summed E-state index contributed by atoms with van der Waals surface area (Å²) in [7, 11) is -3.36. The molecule has 3 nitrogen and oxygen atoms in total. The zero-order valence-corrected chi connectivity index (χ0v) is 10.7. The van der Waals surface area contributed by atoms with E-state index in [1.807, 2.05) is 18.4 Å². The summed E-state index contributed by atoms with van der Waals surface area (Å²) >= 11 is 1.69. The Morgan fingerprint density at radius 3 is 2.56 bits per heavy atom. The maximum atomic E-state index is 11.7. The maximum Gasteiger partial charge on any atom is 0.240 e. The van der Waals surface area contributed by atoms with E-state index in [1.165, 1.54) is 0 Å². The first kappa shape index (κ1) is 13.3. The summed E-state index contributed by atoms with van der Waals surface area (Å²) in [5, 5.41) is 0. The standard InChI is InChI=1S/C11H15NO2S2/c1-15-10-6-5-9-12-16(13,14)11-7-3-2-4-8-11/h2-8,12H,9-10H2,1H3/b6-5-. The van der Waals surface area contributed by atoms with Crippen LogP contribution in [0.5, 0.6) is 0 Å². The van der Waals surface area contributed by atoms with Crippen molar-refractivity contribution in [3.8, 4) is 0 Å². The summed E-state index contributed by atoms with van der Waals surface area (Å²) in [4.78, 5) is 0.299. The maximum absolute atomic E-state index is 11.7. The Balaban J connectivity index is 2.54. The molecule has 0 spiro atoms. The molecule has 0 aliphatic heterocycles. The van der Waals surface area contributed by atoms with Crippen LogP contribution in [0.2, 0.25) is 0 Å². The fourth-order valence-electron chi connectivity index (χ4n) is 1.09. The molecule has 0 aromatic heterocycles. The van der Waals surface area contributed by atoms with Crippen LogP contribution in [0.4, 0.5) is 0 Å². The molecule has 5 heteroatoms. The van der Waals surface area contributed by atoms with Crippen LogP contribution in [0.1, 0.15) is 0 Å². The van der Waals surface area contributed by atoms with E-state index in [9.17, 15) is 8.42 Å². The average Bonchev–Trinajstić information content (AvgIpc) is 2.30. The third kappa shape index (κ3) is 4.38. The van der Waals surface area contributed by atoms with E-state index in [0.29, 0.717) is 11.4 Å². The second-order valence-corrected chi connectivity index (χ2v) is 5.77. The summed E-state index contributed by atoms with van der Waals surface area (Å²) in [6.45, 7) is 0.331. The highest BCUT2D eigenvalue weighted by atomic mass is 32.2. The Hall–Kier alpha value is -0.780. The zero-order valence-electron chi connectivity index (χ0n) is 9.09. The Morgan fingerprint density at radius 1 is 1.25 bits per heavy atom. The van der Waals surface area contributed by atoms with Gasteiger partial charge in [0.25, 0.3) is 0 Å². The van der Waals surface area contributed by atoms with Gasteiger partial charge < -0.3 is 0 Å². The molecule has 0 fully saturated rings. The van der Waals surface area contributed by atoms with Crippen LogP contribution in [-0.4, -0.2) is 27.0 Å². The highest BCUT2D eigenvalue weighted by Crippen LogP contribution is 2.06. The van der Waals surface area contributed by atoms with Gasteiger partial charge in [0.1, 0.15) is 0 Å². The van der Waals surface area contributed by atoms with Gasteiger partial charge in [-0.05, 0) is 18.4 Å². The first-order valence-corrected chi connectivity index (χ1v) is 7.73. The van der Waals surface area contributed by atoms with Gasteiger partial charge in [-0.3, -0.25) is 0 Å². The summed E-state index contributed by atoms with van der Waals surface area (Å²) in [6, 6.07) is 8.36. The molecular formula is C11H15NO2S2. The third-order valence-electron chi connectivity index (χ3n) is 1.87. The van der Waals surface area contributed by atoms with Crippen LogP contribution < -0.4 is 4.72 Å². The average molecular weight is 257 g/mol. The summed E-state index contributed by atoms with van der Waals surface area (Å²) < 4.78 is 25.9. The minimum Gasteiger partial charge on any atom is -0.207 e. The van der Waals surface area contributed by atoms with Gasteiger partial charge in [-0.15, -0.1) is 0 Å². The fourth-order valence-corrected chi connectivity index (χ4v) is 2.41. The van der Waals surface area contributed by atoms with E-state index in [1.54, 1.807) is 42.1 Å². The first-order valence-electron chi connectivity index (χ1n) is 4.85. The smallest absolute Gasteiger partial charge is 0.207 e. The van der Waals surface area contributed by atoms with E-state index in [2.05, 4.69) is 4.72 Å². The predicted octanol–water partition coefficient (Wildman–Crippen LogP) is 1.88. The second kappa shape index (κ2) is 6.73. The SMILES string of the molecule is CSC/C=C\CNS(=O)(=O)c1ccccc1. The number of rotatable bonds is 6. The van der Waals surface area contributed by atoms with Crippen molar-refractivity contribution in [3.05, 3.63) is 42.5 Å². The van der Waals surface area contributed by atoms with Crippen LogP contribution in [0.15, 0.2) is 47.4 Å². The monoisotopic (exact) mass is 257 g/mol. The van der Waals surface area contributed by atoms with Gasteiger partial charge in [0.15, 0.2) is 0 Å². The molecule has 0 unspecified atom stereocenters. The number of hydrogen-bond acceptors (Lipinski definition) is 3. The van der Waals surface area contributed by atoms with Crippen molar-refractivity contribution in [3.63, 3.8) is 0 Å². The second-order valence-electron chi connectivity index (χ2n) is 3.09. The lowest BCUT2D eigenvalue weighted by molar-refractivity contribution is 0.585. The molecule has 0 atom stereocenters. The Kier molecular flexibility index (Phi) is 5.59. The van der Waals surface area contributed by atoms with Gasteiger partial charge in [-0.1, -0.05) is 30.4 Å². The van der Waals surface area contributed by atoms with E-state index < -0.39 is 10.0 Å². The van der Waals surface area contributed by atoms with E-state index >= 15 is 0 Å². The molecule has 0 saturated carbocycles. The van der Waals surface area contributed by atoms with Crippen LogP contribution in [-0.2, 0) is 10.0 Å². The van der Waals surface area contributed by atoms with Crippen molar-refractivity contribution in [1.82, 2.24) is 4.72 Å². The molecule has 0 saturated heterocycles. The molecular weight excluding hydrogens is 242 g/mol. The van der Waals surface area contributed by atoms with Gasteiger partial charge in [-0.25, -0.2) is 13.1 Å². The van der Waals surface area contributed by atoms with Crippen molar-refractivity contribution in [2.45, 2.75) is 4.90 Å². The van der Waals surface area contributed by atoms with Crippen LogP contribution >= 0.6 is 11.8 Å². The fraction of sp³-hybridized carbons (Fsp3) is 0.273. The Bertz CT molecular complexity index is 427. The van der Waals surface area contributed by atoms with Crippen LogP contribution in [0.3, 0.4) is 0 Å². The van der Waals surface area contributed by atoms with Gasteiger partial charge >= 0.3 is 0 Å². The highest BCUT2D eigenvalue weighted by Gasteiger charge is 2.10. The van der Waals surface area contributed by atoms with Crippen LogP contribution in [0.25, 0.3) is 0 Å². The quantitative estimate of drug-likeness (QED) is 0.792. The van der Waals surface area contributed by atoms with E-state index in [-0.39, 0.29) is 0 Å². The van der Waals surface area contributed by atoms with Crippen LogP contribution in [0, 0.1) is 0 Å². The number of thioether (sulfide) groups is 1. The number of sulfonamides is 1. The van der Waals surface area contributed by atoms with Gasteiger partial charge in [0, 0.05) is 12.3 Å². The Labute approximate surface area is 101 Å². The molecule has 0 radical (unpaired) electrons. The van der Waals surface area contributed by atoms with Crippen molar-refractivity contribution in [2.75, 3.05) is 18.6 Å². The van der Waals surface area contributed by atoms with Crippen molar-refractivity contribution in [1.29, 1.82) is 0 Å². The van der Waals surface area contributed by atoms with Gasteiger partial charge in [0.2, 0.25) is 10.0 Å². The molecule has 16 heavy (non-hydrogen) atoms. The summed E-state index contributed by atoms with van der Waals surface area (Å²) in [6.07, 6.45) is 5.76. The number of benzene rings is 1. The molecule has 0 bridgehead atoms. The largest absolute Gasteiger partial charge is 0.240 e. The Morgan fingerprint density at radius 2 is 1.94 bits per heavy atom. The lowest BCUT2D eigenvalue weighted by Crippen LogP contribution is -2.23. The van der Waals surface area contributed by atoms with Gasteiger partial charge in [0.05, 0.1) is 4.90 Å². The molecule has 88 valence electrons. The molecule has 0 amide bonds. The molecule has 0 aliphatic carbocycles. The topological polar surface area (TPSA) is 46.2 Å². The number of nitrogens with one attached hydrogen (secondary N) is 1. The van der Waals surface area contributed by atoms with E-state index in [4.69, 9.17) is 0 Å². The number of hydrogen-bond donors (Lipinski definition) is 1. The summed E-state index contributed by atoms with van der Waals surface area (Å²) in [5.41, 5.74) is 0. The normalized spacial score (nSPS) is 12.1. The van der Waals surface area contributed by atoms with Crippen molar-refractivity contribution >= 4 is 21.8 Å². The lowest BCUT2D eigenvalue weighted by atomic mass is 10.4. The van der Waals surface area contributed by atoms with E-state index in [0.717, 1.165) is 5.75 Å². The molecule has 0 heterocycles. The highest BCUT2D eigenvalue weighted by molar-refractivity contribution is 7.98. The zero-order chi connectivity index (χ0) is 11.9. The molecule has 1 rings (SSSR count). The third-order valence-corrected chi connectivity index (χ3v) is 3.84. The van der Waals surface area contributed by atoms with Crippen molar-refractivity contribution < 1.29 is 8.42 Å². The first-order chi connectivity index (χ1) is 7.67. The lowest BCUT2D eigenvalue weighted by Gasteiger charge is -2.03. The molecule has 0 aliphatic rings. The van der Waals surface area contributed by atoms with Crippen molar-refractivity contribution in [2.24, 2.45) is 0 Å². The summed E-state index contributed by atoms with van der Waals surface area (Å²) in [5.74, 6) is 0.896. The molecule has 1 aromatic carbocycles. The molecule has 1 N–H and O–H groups in total.